The molecule has 1 aromatic carbocycles. The van der Waals surface area contributed by atoms with Crippen LogP contribution in [-0.2, 0) is 20.7 Å². The highest BCUT2D eigenvalue weighted by atomic mass is 16.6. The van der Waals surface area contributed by atoms with Gasteiger partial charge in [-0.15, -0.1) is 0 Å². The van der Waals surface area contributed by atoms with Crippen LogP contribution in [0.5, 0.6) is 0 Å². The molecule has 1 aromatic rings. The average molecular weight is 362 g/mol. The summed E-state index contributed by atoms with van der Waals surface area (Å²) in [5, 5.41) is 3.46. The third-order valence-electron chi connectivity index (χ3n) is 4.43. The summed E-state index contributed by atoms with van der Waals surface area (Å²) in [6.07, 6.45) is 1.20. The van der Waals surface area contributed by atoms with E-state index in [4.69, 9.17) is 9.47 Å². The number of likely N-dealkylation sites (tertiary alicyclic amines) is 1. The van der Waals surface area contributed by atoms with Crippen molar-refractivity contribution in [3.05, 3.63) is 35.9 Å². The zero-order chi connectivity index (χ0) is 19.2. The van der Waals surface area contributed by atoms with E-state index in [1.54, 1.807) is 4.90 Å². The van der Waals surface area contributed by atoms with E-state index < -0.39 is 11.5 Å². The van der Waals surface area contributed by atoms with Crippen LogP contribution in [0.15, 0.2) is 30.3 Å². The number of benzene rings is 1. The van der Waals surface area contributed by atoms with Gasteiger partial charge >= 0.3 is 12.1 Å². The molecule has 2 atom stereocenters. The van der Waals surface area contributed by atoms with E-state index in [2.05, 4.69) is 17.4 Å². The molecule has 2 unspecified atom stereocenters. The summed E-state index contributed by atoms with van der Waals surface area (Å²) in [7, 11) is 1.38. The molecule has 1 heterocycles. The molecule has 1 aliphatic rings. The fourth-order valence-electron chi connectivity index (χ4n) is 3.13. The molecule has 144 valence electrons. The Morgan fingerprint density at radius 1 is 1.23 bits per heavy atom. The van der Waals surface area contributed by atoms with Gasteiger partial charge in [0.2, 0.25) is 0 Å². The summed E-state index contributed by atoms with van der Waals surface area (Å²) < 4.78 is 10.4. The van der Waals surface area contributed by atoms with Gasteiger partial charge in [0.05, 0.1) is 13.0 Å². The van der Waals surface area contributed by atoms with Crippen molar-refractivity contribution >= 4 is 12.1 Å². The Hall–Kier alpha value is -2.08. The first-order valence-corrected chi connectivity index (χ1v) is 9.13. The number of hydrogen-bond acceptors (Lipinski definition) is 5. The number of carbonyl (C=O) groups excluding carboxylic acids is 2. The quantitative estimate of drug-likeness (QED) is 0.816. The minimum Gasteiger partial charge on any atom is -0.469 e. The summed E-state index contributed by atoms with van der Waals surface area (Å²) in [5.41, 5.74) is 0.698. The van der Waals surface area contributed by atoms with Crippen molar-refractivity contribution in [2.24, 2.45) is 5.92 Å². The van der Waals surface area contributed by atoms with Gasteiger partial charge in [-0.1, -0.05) is 30.3 Å². The molecular formula is C20H30N2O4. The van der Waals surface area contributed by atoms with E-state index in [1.807, 2.05) is 39.0 Å². The molecule has 1 N–H and O–H groups in total. The number of carbonyl (C=O) groups is 2. The van der Waals surface area contributed by atoms with E-state index in [1.165, 1.54) is 12.7 Å². The fourth-order valence-corrected chi connectivity index (χ4v) is 3.13. The number of esters is 1. The van der Waals surface area contributed by atoms with Crippen LogP contribution in [0, 0.1) is 5.92 Å². The minimum atomic E-state index is -0.553. The van der Waals surface area contributed by atoms with E-state index in [0.29, 0.717) is 19.5 Å². The maximum Gasteiger partial charge on any atom is 0.410 e. The topological polar surface area (TPSA) is 67.9 Å². The molecule has 0 aliphatic carbocycles. The van der Waals surface area contributed by atoms with Crippen LogP contribution >= 0.6 is 0 Å². The van der Waals surface area contributed by atoms with Crippen LogP contribution in [-0.4, -0.2) is 55.3 Å². The second-order valence-electron chi connectivity index (χ2n) is 7.64. The van der Waals surface area contributed by atoms with Gasteiger partial charge in [-0.25, -0.2) is 4.79 Å². The van der Waals surface area contributed by atoms with Crippen LogP contribution in [0.2, 0.25) is 0 Å². The summed E-state index contributed by atoms with van der Waals surface area (Å²) in [4.78, 5) is 26.1. The maximum absolute atomic E-state index is 12.3. The van der Waals surface area contributed by atoms with Gasteiger partial charge < -0.3 is 19.7 Å². The molecule has 1 saturated heterocycles. The highest BCUT2D eigenvalue weighted by molar-refractivity contribution is 5.75. The Kier molecular flexibility index (Phi) is 7.03. The van der Waals surface area contributed by atoms with E-state index in [9.17, 15) is 9.59 Å². The number of ether oxygens (including phenoxy) is 2. The zero-order valence-electron chi connectivity index (χ0n) is 16.2. The van der Waals surface area contributed by atoms with Gasteiger partial charge in [0.15, 0.2) is 0 Å². The number of rotatable bonds is 5. The molecular weight excluding hydrogens is 332 g/mol. The summed E-state index contributed by atoms with van der Waals surface area (Å²) in [6, 6.07) is 10.2. The molecule has 1 amide bonds. The molecule has 1 fully saturated rings. The number of piperidine rings is 1. The van der Waals surface area contributed by atoms with Gasteiger partial charge in [-0.05, 0) is 45.7 Å². The smallest absolute Gasteiger partial charge is 0.410 e. The predicted molar refractivity (Wildman–Crippen MR) is 99.9 cm³/mol. The third kappa shape index (κ3) is 6.02. The number of nitrogens with one attached hydrogen (secondary N) is 1. The zero-order valence-corrected chi connectivity index (χ0v) is 16.2. The van der Waals surface area contributed by atoms with Crippen molar-refractivity contribution in [1.29, 1.82) is 0 Å². The van der Waals surface area contributed by atoms with Crippen molar-refractivity contribution < 1.29 is 19.1 Å². The van der Waals surface area contributed by atoms with E-state index in [-0.39, 0.29) is 18.1 Å². The predicted octanol–water partition coefficient (Wildman–Crippen LogP) is 2.62. The molecule has 6 nitrogen and oxygen atoms in total. The largest absolute Gasteiger partial charge is 0.469 e. The second-order valence-corrected chi connectivity index (χ2v) is 7.64. The van der Waals surface area contributed by atoms with Crippen LogP contribution in [0.25, 0.3) is 0 Å². The highest BCUT2D eigenvalue weighted by Crippen LogP contribution is 2.21. The lowest BCUT2D eigenvalue weighted by Gasteiger charge is -2.38. The first-order valence-electron chi connectivity index (χ1n) is 9.13. The lowest BCUT2D eigenvalue weighted by Crippen LogP contribution is -2.54. The van der Waals surface area contributed by atoms with Gasteiger partial charge in [0.25, 0.3) is 0 Å². The van der Waals surface area contributed by atoms with Gasteiger partial charge in [0, 0.05) is 19.1 Å². The number of nitrogens with zero attached hydrogens (tertiary/aromatic N) is 1. The number of methoxy groups -OCH3 is 1. The average Bonchev–Trinajstić information content (AvgIpc) is 2.60. The van der Waals surface area contributed by atoms with Crippen LogP contribution in [0.1, 0.15) is 32.8 Å². The van der Waals surface area contributed by atoms with Gasteiger partial charge in [-0.3, -0.25) is 4.79 Å². The fraction of sp³-hybridized carbons (Fsp3) is 0.600. The first kappa shape index (κ1) is 20.2. The van der Waals surface area contributed by atoms with Crippen LogP contribution < -0.4 is 5.32 Å². The summed E-state index contributed by atoms with van der Waals surface area (Å²) in [5.74, 6) is -0.687. The monoisotopic (exact) mass is 362 g/mol. The summed E-state index contributed by atoms with van der Waals surface area (Å²) >= 11 is 0. The Morgan fingerprint density at radius 3 is 2.54 bits per heavy atom. The molecule has 0 radical (unpaired) electrons. The molecule has 0 saturated carbocycles. The molecule has 0 bridgehead atoms. The Bertz CT molecular complexity index is 598. The third-order valence-corrected chi connectivity index (χ3v) is 4.43. The van der Waals surface area contributed by atoms with E-state index in [0.717, 1.165) is 13.0 Å². The van der Waals surface area contributed by atoms with Crippen molar-refractivity contribution in [3.8, 4) is 0 Å². The van der Waals surface area contributed by atoms with Crippen molar-refractivity contribution in [3.63, 3.8) is 0 Å². The van der Waals surface area contributed by atoms with Gasteiger partial charge in [-0.2, -0.15) is 0 Å². The Labute approximate surface area is 155 Å². The lowest BCUT2D eigenvalue weighted by atomic mass is 9.92. The molecule has 0 aromatic heterocycles. The summed E-state index contributed by atoms with van der Waals surface area (Å²) in [6.45, 7) is 7.15. The van der Waals surface area contributed by atoms with Crippen molar-refractivity contribution in [2.45, 2.75) is 45.3 Å². The molecule has 2 rings (SSSR count). The molecule has 0 spiro atoms. The molecule has 26 heavy (non-hydrogen) atoms. The SMILES string of the molecule is COC(=O)C1CN(C(=O)OC(C)(C)C)CCC1NCCc1ccccc1. The number of amides is 1. The van der Waals surface area contributed by atoms with Crippen LogP contribution in [0.3, 0.4) is 0 Å². The molecule has 6 heteroatoms. The minimum absolute atomic E-state index is 0.00940. The van der Waals surface area contributed by atoms with Crippen LogP contribution in [0.4, 0.5) is 4.79 Å². The maximum atomic E-state index is 12.3. The Balaban J connectivity index is 1.93. The first-order chi connectivity index (χ1) is 12.3. The molecule has 1 aliphatic heterocycles. The normalized spacial score (nSPS) is 20.5. The lowest BCUT2D eigenvalue weighted by molar-refractivity contribution is -0.148. The van der Waals surface area contributed by atoms with Crippen molar-refractivity contribution in [2.75, 3.05) is 26.7 Å². The van der Waals surface area contributed by atoms with Crippen molar-refractivity contribution in [1.82, 2.24) is 10.2 Å². The standard InChI is InChI=1S/C20H30N2O4/c1-20(2,3)26-19(24)22-13-11-17(16(14-22)18(23)25-4)21-12-10-15-8-6-5-7-9-15/h5-9,16-17,21H,10-14H2,1-4H3. The Morgan fingerprint density at radius 2 is 1.92 bits per heavy atom. The van der Waals surface area contributed by atoms with E-state index >= 15 is 0 Å². The second kappa shape index (κ2) is 9.03. The number of hydrogen-bond donors (Lipinski definition) is 1. The van der Waals surface area contributed by atoms with Gasteiger partial charge in [0.1, 0.15) is 5.60 Å². The highest BCUT2D eigenvalue weighted by Gasteiger charge is 2.37.